The van der Waals surface area contributed by atoms with E-state index >= 15 is 0 Å². The predicted molar refractivity (Wildman–Crippen MR) is 143 cm³/mol. The average Bonchev–Trinajstić information content (AvgIpc) is 3.33. The molecule has 3 aromatic rings. The first-order valence-corrected chi connectivity index (χ1v) is 12.6. The Morgan fingerprint density at radius 1 is 1.08 bits per heavy atom. The fraction of sp³-hybridized carbons (Fsp3) is 0.214. The van der Waals surface area contributed by atoms with Crippen LogP contribution in [0.15, 0.2) is 86.7 Å². The molecule has 1 atom stereocenters. The molecule has 2 N–H and O–H groups in total. The lowest BCUT2D eigenvalue weighted by Gasteiger charge is -2.23. The van der Waals surface area contributed by atoms with Crippen LogP contribution in [0, 0.1) is 0 Å². The Morgan fingerprint density at radius 2 is 1.89 bits per heavy atom. The summed E-state index contributed by atoms with van der Waals surface area (Å²) in [4.78, 5) is 40.7. The summed E-state index contributed by atoms with van der Waals surface area (Å²) in [6, 6.07) is 15.0. The van der Waals surface area contributed by atoms with E-state index in [0.717, 1.165) is 39.4 Å². The number of aromatic amines is 1. The molecule has 1 aromatic heterocycles. The van der Waals surface area contributed by atoms with Crippen LogP contribution in [-0.2, 0) is 9.59 Å². The molecule has 36 heavy (non-hydrogen) atoms. The lowest BCUT2D eigenvalue weighted by molar-refractivity contribution is -0.141. The van der Waals surface area contributed by atoms with Gasteiger partial charge in [-0.25, -0.2) is 5.01 Å². The highest BCUT2D eigenvalue weighted by molar-refractivity contribution is 9.10. The third kappa shape index (κ3) is 4.68. The normalized spacial score (nSPS) is 17.2. The van der Waals surface area contributed by atoms with Gasteiger partial charge in [-0.15, -0.1) is 0 Å². The highest BCUT2D eigenvalue weighted by Gasteiger charge is 2.36. The van der Waals surface area contributed by atoms with Gasteiger partial charge in [0, 0.05) is 33.8 Å². The van der Waals surface area contributed by atoms with Crippen molar-refractivity contribution in [1.29, 1.82) is 0 Å². The number of nitrogens with zero attached hydrogens (tertiary/aromatic N) is 2. The topological polar surface area (TPSA) is 103 Å². The second-order valence-corrected chi connectivity index (χ2v) is 9.76. The maximum absolute atomic E-state index is 13.5. The Kier molecular flexibility index (Phi) is 6.69. The molecule has 1 unspecified atom stereocenters. The van der Waals surface area contributed by atoms with E-state index in [0.29, 0.717) is 23.2 Å². The first-order valence-electron chi connectivity index (χ1n) is 11.8. The van der Waals surface area contributed by atoms with Gasteiger partial charge in [-0.05, 0) is 42.2 Å². The van der Waals surface area contributed by atoms with Crippen molar-refractivity contribution < 1.29 is 14.7 Å². The van der Waals surface area contributed by atoms with Gasteiger partial charge in [0.25, 0.3) is 5.56 Å². The van der Waals surface area contributed by atoms with Crippen molar-refractivity contribution in [1.82, 2.24) is 9.99 Å². The number of carboxylic acid groups (broad SMARTS) is 1. The largest absolute Gasteiger partial charge is 0.481 e. The molecule has 5 rings (SSSR count). The Labute approximate surface area is 216 Å². The summed E-state index contributed by atoms with van der Waals surface area (Å²) in [6.07, 6.45) is 7.83. The van der Waals surface area contributed by atoms with Crippen molar-refractivity contribution in [2.45, 2.75) is 38.1 Å². The van der Waals surface area contributed by atoms with Crippen LogP contribution >= 0.6 is 15.9 Å². The number of hydrogen-bond donors (Lipinski definition) is 2. The van der Waals surface area contributed by atoms with Crippen molar-refractivity contribution in [2.75, 3.05) is 0 Å². The van der Waals surface area contributed by atoms with Crippen molar-refractivity contribution in [3.05, 3.63) is 92.7 Å². The van der Waals surface area contributed by atoms with Gasteiger partial charge in [-0.1, -0.05) is 64.5 Å². The number of aliphatic carboxylic acids is 1. The quantitative estimate of drug-likeness (QED) is 0.432. The zero-order valence-electron chi connectivity index (χ0n) is 19.4. The van der Waals surface area contributed by atoms with Crippen molar-refractivity contribution in [3.8, 4) is 11.1 Å². The molecule has 2 heterocycles. The molecule has 182 valence electrons. The molecular formula is C28H24BrN3O4. The van der Waals surface area contributed by atoms with Crippen molar-refractivity contribution in [3.63, 3.8) is 0 Å². The number of carboxylic acids is 1. The molecule has 0 saturated heterocycles. The molecule has 1 aliphatic carbocycles. The van der Waals surface area contributed by atoms with E-state index in [1.165, 1.54) is 5.01 Å². The molecule has 2 aliphatic rings. The number of hydrazone groups is 1. The van der Waals surface area contributed by atoms with E-state index in [9.17, 15) is 14.4 Å². The van der Waals surface area contributed by atoms with Crippen LogP contribution in [0.2, 0.25) is 0 Å². The average molecular weight is 546 g/mol. The van der Waals surface area contributed by atoms with E-state index < -0.39 is 5.97 Å². The van der Waals surface area contributed by atoms with Crippen molar-refractivity contribution >= 4 is 44.4 Å². The minimum atomic E-state index is -1.04. The Bertz CT molecular complexity index is 1500. The van der Waals surface area contributed by atoms with Gasteiger partial charge in [0.15, 0.2) is 0 Å². The number of pyridine rings is 1. The first-order chi connectivity index (χ1) is 17.4. The molecule has 0 spiro atoms. The van der Waals surface area contributed by atoms with Gasteiger partial charge in [-0.2, -0.15) is 5.10 Å². The van der Waals surface area contributed by atoms with Crippen molar-refractivity contribution in [2.24, 2.45) is 5.10 Å². The van der Waals surface area contributed by atoms with Gasteiger partial charge in [-0.3, -0.25) is 14.4 Å². The zero-order valence-corrected chi connectivity index (χ0v) is 21.0. The van der Waals surface area contributed by atoms with E-state index in [1.54, 1.807) is 0 Å². The van der Waals surface area contributed by atoms with Crippen LogP contribution in [0.5, 0.6) is 0 Å². The number of H-pyrrole nitrogens is 1. The van der Waals surface area contributed by atoms with Gasteiger partial charge >= 0.3 is 5.97 Å². The molecule has 1 amide bonds. The zero-order chi connectivity index (χ0) is 25.2. The summed E-state index contributed by atoms with van der Waals surface area (Å²) in [6.45, 7) is 0. The highest BCUT2D eigenvalue weighted by atomic mass is 79.9. The van der Waals surface area contributed by atoms with Crippen LogP contribution in [-0.4, -0.2) is 38.7 Å². The number of carbonyl (C=O) groups is 2. The second kappa shape index (κ2) is 10.1. The second-order valence-electron chi connectivity index (χ2n) is 8.84. The molecule has 8 heteroatoms. The Hall–Kier alpha value is -3.78. The lowest BCUT2D eigenvalue weighted by atomic mass is 9.90. The summed E-state index contributed by atoms with van der Waals surface area (Å²) < 4.78 is 0.874. The molecule has 0 saturated carbocycles. The van der Waals surface area contributed by atoms with Crippen LogP contribution in [0.3, 0.4) is 0 Å². The third-order valence-corrected chi connectivity index (χ3v) is 6.95. The van der Waals surface area contributed by atoms with Gasteiger partial charge in [0.1, 0.15) is 0 Å². The van der Waals surface area contributed by atoms with Gasteiger partial charge in [0.05, 0.1) is 23.7 Å². The number of rotatable bonds is 6. The number of allylic oxidation sites excluding steroid dienone is 2. The minimum Gasteiger partial charge on any atom is -0.481 e. The molecule has 0 bridgehead atoms. The standard InChI is InChI=1S/C28H24BrN3O4/c29-19-11-12-21-20(15-19)26(18-9-5-2-6-10-18)27(28(36)30-21)22-16-23(17-7-3-1-4-8-17)32(31-22)24(33)13-14-25(34)35/h2-3,5-12,15,23H,1,4,13-14,16H2,(H,30,36)(H,34,35). The van der Waals surface area contributed by atoms with Crippen LogP contribution in [0.1, 0.15) is 37.7 Å². The molecule has 0 radical (unpaired) electrons. The number of hydrogen-bond acceptors (Lipinski definition) is 4. The Morgan fingerprint density at radius 3 is 2.61 bits per heavy atom. The number of nitrogens with one attached hydrogen (secondary N) is 1. The minimum absolute atomic E-state index is 0.161. The number of amides is 1. The third-order valence-electron chi connectivity index (χ3n) is 6.45. The number of aromatic nitrogens is 1. The SMILES string of the molecule is O=C(O)CCC(=O)N1N=C(c2c(-c3ccccc3)c3cc(Br)ccc3[nH]c2=O)CC1C1=CCCC=C1. The number of halogens is 1. The molecule has 7 nitrogen and oxygen atoms in total. The number of carbonyl (C=O) groups excluding carboxylic acids is 1. The fourth-order valence-electron chi connectivity index (χ4n) is 4.81. The van der Waals surface area contributed by atoms with Crippen LogP contribution < -0.4 is 5.56 Å². The summed E-state index contributed by atoms with van der Waals surface area (Å²) >= 11 is 3.55. The lowest BCUT2D eigenvalue weighted by Crippen LogP contribution is -2.34. The summed E-state index contributed by atoms with van der Waals surface area (Å²) in [5.41, 5.74) is 3.91. The maximum atomic E-state index is 13.5. The van der Waals surface area contributed by atoms with Gasteiger partial charge in [0.2, 0.25) is 5.91 Å². The molecule has 1 aliphatic heterocycles. The van der Waals surface area contributed by atoms with E-state index in [1.807, 2.05) is 54.6 Å². The van der Waals surface area contributed by atoms with Crippen LogP contribution in [0.25, 0.3) is 22.0 Å². The molecule has 0 fully saturated rings. The van der Waals surface area contributed by atoms with E-state index in [4.69, 9.17) is 5.11 Å². The van der Waals surface area contributed by atoms with E-state index in [2.05, 4.69) is 38.2 Å². The fourth-order valence-corrected chi connectivity index (χ4v) is 5.17. The first kappa shape index (κ1) is 23.9. The summed E-state index contributed by atoms with van der Waals surface area (Å²) in [7, 11) is 0. The number of fused-ring (bicyclic) bond motifs is 1. The smallest absolute Gasteiger partial charge is 0.303 e. The summed E-state index contributed by atoms with van der Waals surface area (Å²) in [5.74, 6) is -1.42. The molecule has 2 aromatic carbocycles. The van der Waals surface area contributed by atoms with Gasteiger partial charge < -0.3 is 10.1 Å². The predicted octanol–water partition coefficient (Wildman–Crippen LogP) is 5.40. The van der Waals surface area contributed by atoms with Crippen LogP contribution in [0.4, 0.5) is 0 Å². The summed E-state index contributed by atoms with van der Waals surface area (Å²) in [5, 5.41) is 16.0. The maximum Gasteiger partial charge on any atom is 0.303 e. The monoisotopic (exact) mass is 545 g/mol. The Balaban J connectivity index is 1.68. The highest BCUT2D eigenvalue weighted by Crippen LogP contribution is 2.35. The van der Waals surface area contributed by atoms with E-state index in [-0.39, 0.29) is 30.3 Å². The number of benzene rings is 2. The molecular weight excluding hydrogens is 522 g/mol.